The predicted molar refractivity (Wildman–Crippen MR) is 278 cm³/mol. The standard InChI is InChI=1S/C56H93O9P/c1-3-5-7-9-11-13-15-17-19-21-23-25-27-28-30-32-34-36-38-40-42-44-46-48-56(59)65-55(53-64-66(60,61)63-51-54(58)50-57)52-62-49-47-45-43-41-39-37-35-33-31-29-26-24-22-20-18-16-14-12-10-8-6-4-2/h5-8,11-14,17-20,23-26,28,30-31,33,54-55,57-58H,3-4,9-10,15-16,21-22,27,29,32,34-53H2,1-2H3,(H,60,61)/b7-5-,8-6-,13-11-,14-12-,19-17-,20-18-,25-23-,26-24-,30-28-,33-31-. The van der Waals surface area contributed by atoms with Gasteiger partial charge in [0.2, 0.25) is 0 Å². The molecule has 66 heavy (non-hydrogen) atoms. The van der Waals surface area contributed by atoms with Gasteiger partial charge >= 0.3 is 13.8 Å². The molecule has 3 N–H and O–H groups in total. The minimum absolute atomic E-state index is 0.0257. The summed E-state index contributed by atoms with van der Waals surface area (Å²) in [5.41, 5.74) is 0. The van der Waals surface area contributed by atoms with Crippen LogP contribution in [-0.4, -0.2) is 66.3 Å². The lowest BCUT2D eigenvalue weighted by Gasteiger charge is -2.20. The van der Waals surface area contributed by atoms with Crippen LogP contribution in [0.3, 0.4) is 0 Å². The van der Waals surface area contributed by atoms with Crippen molar-refractivity contribution in [2.24, 2.45) is 0 Å². The lowest BCUT2D eigenvalue weighted by molar-refractivity contribution is -0.154. The summed E-state index contributed by atoms with van der Waals surface area (Å²) in [4.78, 5) is 22.7. The monoisotopic (exact) mass is 941 g/mol. The van der Waals surface area contributed by atoms with Crippen LogP contribution in [0.2, 0.25) is 0 Å². The van der Waals surface area contributed by atoms with Gasteiger partial charge in [-0.2, -0.15) is 0 Å². The number of esters is 1. The number of phosphoric ester groups is 1. The quantitative estimate of drug-likeness (QED) is 0.0236. The highest BCUT2D eigenvalue weighted by molar-refractivity contribution is 7.47. The number of phosphoric acid groups is 1. The van der Waals surface area contributed by atoms with E-state index in [0.717, 1.165) is 116 Å². The van der Waals surface area contributed by atoms with Gasteiger partial charge in [0.05, 0.1) is 26.4 Å². The van der Waals surface area contributed by atoms with E-state index in [-0.39, 0.29) is 13.0 Å². The summed E-state index contributed by atoms with van der Waals surface area (Å²) in [6, 6.07) is 0. The number of hydrogen-bond acceptors (Lipinski definition) is 8. The fraction of sp³-hybridized carbons (Fsp3) is 0.625. The Labute approximate surface area is 402 Å². The van der Waals surface area contributed by atoms with Crippen molar-refractivity contribution in [1.29, 1.82) is 0 Å². The number of allylic oxidation sites excluding steroid dienone is 20. The molecule has 3 atom stereocenters. The molecule has 0 aliphatic rings. The lowest BCUT2D eigenvalue weighted by atomic mass is 10.1. The van der Waals surface area contributed by atoms with Crippen LogP contribution in [0.25, 0.3) is 0 Å². The van der Waals surface area contributed by atoms with Crippen molar-refractivity contribution >= 4 is 13.8 Å². The number of ether oxygens (including phenoxy) is 2. The third-order valence-corrected chi connectivity index (χ3v) is 11.1. The molecule has 0 rings (SSSR count). The Hall–Kier alpha value is -3.14. The van der Waals surface area contributed by atoms with E-state index < -0.39 is 45.8 Å². The van der Waals surface area contributed by atoms with Gasteiger partial charge in [-0.25, -0.2) is 4.57 Å². The number of carbonyl (C=O) groups excluding carboxylic acids is 1. The van der Waals surface area contributed by atoms with Crippen LogP contribution in [0.1, 0.15) is 181 Å². The van der Waals surface area contributed by atoms with Crippen LogP contribution in [-0.2, 0) is 27.9 Å². The first-order chi connectivity index (χ1) is 32.3. The normalized spacial score (nSPS) is 14.8. The van der Waals surface area contributed by atoms with Gasteiger partial charge in [0.15, 0.2) is 0 Å². The maximum absolute atomic E-state index is 12.7. The smallest absolute Gasteiger partial charge is 0.457 e. The van der Waals surface area contributed by atoms with Gasteiger partial charge in [0.1, 0.15) is 12.2 Å². The van der Waals surface area contributed by atoms with Crippen LogP contribution in [0.4, 0.5) is 0 Å². The molecular weight excluding hydrogens is 848 g/mol. The molecule has 10 heteroatoms. The first-order valence-corrected chi connectivity index (χ1v) is 27.0. The molecule has 0 radical (unpaired) electrons. The van der Waals surface area contributed by atoms with E-state index >= 15 is 0 Å². The van der Waals surface area contributed by atoms with Crippen molar-refractivity contribution in [1.82, 2.24) is 0 Å². The SMILES string of the molecule is CC/C=C\C/C=C\C/C=C\C/C=C\C/C=C\CCCCCCCCCC(=O)OC(COCCCCCCCC/C=C\C/C=C\C/C=C\C/C=C\C/C=C\CC)COP(=O)(O)OCC(O)CO. The summed E-state index contributed by atoms with van der Waals surface area (Å²) >= 11 is 0. The Kier molecular flexibility index (Phi) is 48.8. The number of rotatable bonds is 47. The molecule has 0 saturated heterocycles. The molecule has 9 nitrogen and oxygen atoms in total. The zero-order chi connectivity index (χ0) is 48.1. The molecular formula is C56H93O9P. The highest BCUT2D eigenvalue weighted by Gasteiger charge is 2.26. The number of hydrogen-bond donors (Lipinski definition) is 3. The first kappa shape index (κ1) is 62.9. The highest BCUT2D eigenvalue weighted by Crippen LogP contribution is 2.43. The lowest BCUT2D eigenvalue weighted by Crippen LogP contribution is -2.29. The molecule has 0 bridgehead atoms. The van der Waals surface area contributed by atoms with Gasteiger partial charge in [-0.05, 0) is 103 Å². The van der Waals surface area contributed by atoms with Crippen LogP contribution < -0.4 is 0 Å². The molecule has 0 aromatic heterocycles. The van der Waals surface area contributed by atoms with E-state index in [1.165, 1.54) is 38.5 Å². The maximum Gasteiger partial charge on any atom is 0.472 e. The van der Waals surface area contributed by atoms with Gasteiger partial charge < -0.3 is 24.6 Å². The van der Waals surface area contributed by atoms with Crippen LogP contribution >= 0.6 is 7.82 Å². The van der Waals surface area contributed by atoms with E-state index in [4.69, 9.17) is 23.6 Å². The van der Waals surface area contributed by atoms with Crippen LogP contribution in [0, 0.1) is 0 Å². The summed E-state index contributed by atoms with van der Waals surface area (Å²) in [7, 11) is -4.54. The fourth-order valence-electron chi connectivity index (χ4n) is 6.35. The third kappa shape index (κ3) is 50.3. The topological polar surface area (TPSA) is 132 Å². The van der Waals surface area contributed by atoms with Gasteiger partial charge in [-0.3, -0.25) is 13.8 Å². The third-order valence-electron chi connectivity index (χ3n) is 10.1. The molecule has 0 aliphatic heterocycles. The largest absolute Gasteiger partial charge is 0.472 e. The molecule has 0 aromatic carbocycles. The Morgan fingerprint density at radius 1 is 0.470 bits per heavy atom. The molecule has 0 saturated carbocycles. The summed E-state index contributed by atoms with van der Waals surface area (Å²) < 4.78 is 33.5. The number of unbranched alkanes of at least 4 members (excludes halogenated alkanes) is 13. The minimum Gasteiger partial charge on any atom is -0.457 e. The Morgan fingerprint density at radius 3 is 1.23 bits per heavy atom. The van der Waals surface area contributed by atoms with Gasteiger partial charge in [0.25, 0.3) is 0 Å². The van der Waals surface area contributed by atoms with E-state index in [1.807, 2.05) is 0 Å². The zero-order valence-electron chi connectivity index (χ0n) is 41.4. The molecule has 0 aliphatic carbocycles. The molecule has 0 heterocycles. The molecule has 0 fully saturated rings. The first-order valence-electron chi connectivity index (χ1n) is 25.5. The van der Waals surface area contributed by atoms with E-state index in [1.54, 1.807) is 0 Å². The number of aliphatic hydroxyl groups excluding tert-OH is 2. The van der Waals surface area contributed by atoms with E-state index in [2.05, 4.69) is 135 Å². The Bertz CT molecular complexity index is 1440. The van der Waals surface area contributed by atoms with Crippen molar-refractivity contribution < 1.29 is 43.0 Å². The Balaban J connectivity index is 4.18. The van der Waals surface area contributed by atoms with Crippen molar-refractivity contribution in [2.75, 3.05) is 33.0 Å². The second-order valence-electron chi connectivity index (χ2n) is 16.4. The fourth-order valence-corrected chi connectivity index (χ4v) is 7.14. The molecule has 0 aromatic rings. The molecule has 3 unspecified atom stereocenters. The van der Waals surface area contributed by atoms with Gasteiger partial charge in [-0.15, -0.1) is 0 Å². The Morgan fingerprint density at radius 2 is 0.818 bits per heavy atom. The van der Waals surface area contributed by atoms with Crippen LogP contribution in [0.15, 0.2) is 122 Å². The van der Waals surface area contributed by atoms with Crippen molar-refractivity contribution in [2.45, 2.75) is 193 Å². The number of aliphatic hydroxyl groups is 2. The second-order valence-corrected chi connectivity index (χ2v) is 17.9. The van der Waals surface area contributed by atoms with Gasteiger partial charge in [-0.1, -0.05) is 193 Å². The summed E-state index contributed by atoms with van der Waals surface area (Å²) in [6.45, 7) is 3.22. The second kappa shape index (κ2) is 51.3. The van der Waals surface area contributed by atoms with E-state index in [0.29, 0.717) is 13.0 Å². The summed E-state index contributed by atoms with van der Waals surface area (Å²) in [6.07, 6.45) is 68.7. The zero-order valence-corrected chi connectivity index (χ0v) is 42.3. The average Bonchev–Trinajstić information content (AvgIpc) is 3.31. The average molecular weight is 941 g/mol. The van der Waals surface area contributed by atoms with Crippen molar-refractivity contribution in [3.63, 3.8) is 0 Å². The maximum atomic E-state index is 12.7. The highest BCUT2D eigenvalue weighted by atomic mass is 31.2. The molecule has 376 valence electrons. The minimum atomic E-state index is -4.54. The number of carbonyl (C=O) groups is 1. The summed E-state index contributed by atoms with van der Waals surface area (Å²) in [5, 5.41) is 18.4. The summed E-state index contributed by atoms with van der Waals surface area (Å²) in [5.74, 6) is -0.404. The predicted octanol–water partition coefficient (Wildman–Crippen LogP) is 15.1. The van der Waals surface area contributed by atoms with Crippen molar-refractivity contribution in [3.05, 3.63) is 122 Å². The van der Waals surface area contributed by atoms with Crippen molar-refractivity contribution in [3.8, 4) is 0 Å². The van der Waals surface area contributed by atoms with E-state index in [9.17, 15) is 19.4 Å². The molecule has 0 amide bonds. The molecule has 0 spiro atoms. The van der Waals surface area contributed by atoms with Gasteiger partial charge in [0, 0.05) is 13.0 Å². The van der Waals surface area contributed by atoms with Crippen LogP contribution in [0.5, 0.6) is 0 Å².